The summed E-state index contributed by atoms with van der Waals surface area (Å²) in [5, 5.41) is 7.54. The van der Waals surface area contributed by atoms with Crippen molar-refractivity contribution >= 4 is 11.4 Å². The average molecular weight is 706 g/mol. The number of benzene rings is 2. The number of anilines is 2. The van der Waals surface area contributed by atoms with Crippen molar-refractivity contribution < 1.29 is 47.2 Å². The monoisotopic (exact) mass is 704 g/mol. The fraction of sp³-hybridized carbons (Fsp3) is 0.586. The Labute approximate surface area is 243 Å². The summed E-state index contributed by atoms with van der Waals surface area (Å²) in [7, 11) is 2.22. The Hall–Kier alpha value is -0.680. The van der Waals surface area contributed by atoms with E-state index < -0.39 is 0 Å². The molecular formula is C29H47AuCl2N3. The van der Waals surface area contributed by atoms with Crippen molar-refractivity contribution in [2.75, 3.05) is 43.9 Å². The summed E-state index contributed by atoms with van der Waals surface area (Å²) < 4.78 is 0. The predicted molar refractivity (Wildman–Crippen MR) is 144 cm³/mol. The minimum Gasteiger partial charge on any atom is -1.00 e. The van der Waals surface area contributed by atoms with Gasteiger partial charge in [0.15, 0.2) is 0 Å². The predicted octanol–water partition coefficient (Wildman–Crippen LogP) is 1.64. The van der Waals surface area contributed by atoms with Gasteiger partial charge in [-0.25, -0.2) is 0 Å². The number of hydrogen-bond donors (Lipinski definition) is 2. The molecule has 0 atom stereocenters. The van der Waals surface area contributed by atoms with Crippen molar-refractivity contribution in [2.45, 2.75) is 79.1 Å². The van der Waals surface area contributed by atoms with Crippen LogP contribution in [0.4, 0.5) is 11.4 Å². The van der Waals surface area contributed by atoms with E-state index in [1.807, 2.05) is 0 Å². The van der Waals surface area contributed by atoms with E-state index in [-0.39, 0.29) is 47.2 Å². The van der Waals surface area contributed by atoms with Gasteiger partial charge in [0.05, 0.1) is 0 Å². The van der Waals surface area contributed by atoms with E-state index in [0.717, 1.165) is 26.2 Å². The van der Waals surface area contributed by atoms with Crippen molar-refractivity contribution in [1.29, 1.82) is 0 Å². The Morgan fingerprint density at radius 2 is 0.829 bits per heavy atom. The molecule has 0 bridgehead atoms. The smallest absolute Gasteiger partial charge is 1.00 e. The molecule has 0 saturated carbocycles. The van der Waals surface area contributed by atoms with Gasteiger partial charge >= 0.3 is 22.4 Å². The second kappa shape index (κ2) is 17.7. The van der Waals surface area contributed by atoms with Crippen LogP contribution in [0, 0.1) is 0 Å². The number of rotatable bonds is 12. The summed E-state index contributed by atoms with van der Waals surface area (Å²) in [6.45, 7) is 22.2. The van der Waals surface area contributed by atoms with Crippen LogP contribution < -0.4 is 35.4 Å². The van der Waals surface area contributed by atoms with Crippen LogP contribution in [0.5, 0.6) is 0 Å². The standard InChI is InChI=1S/C29H47N3.Au.2ClH/c1-20(2)24-12-10-13-25(21(3)4)28(24)30-16-18-32(9)19-17-31-29-26(22(5)6)14-11-15-27(29)23(7)8;;;/h10-15,20-23,30-31H,16-19H2,1-9H3;;2*1H/q;+2;;/p-2. The van der Waals surface area contributed by atoms with Crippen LogP contribution in [0.1, 0.15) is 101 Å². The topological polar surface area (TPSA) is 27.3 Å². The fourth-order valence-electron chi connectivity index (χ4n) is 4.37. The van der Waals surface area contributed by atoms with E-state index in [0.29, 0.717) is 23.7 Å². The van der Waals surface area contributed by atoms with Gasteiger partial charge in [0, 0.05) is 37.6 Å². The summed E-state index contributed by atoms with van der Waals surface area (Å²) in [6.07, 6.45) is 0. The second-order valence-corrected chi connectivity index (χ2v) is 10.4. The molecule has 0 unspecified atom stereocenters. The molecule has 0 spiro atoms. The van der Waals surface area contributed by atoms with Crippen LogP contribution >= 0.6 is 0 Å². The third-order valence-corrected chi connectivity index (χ3v) is 6.34. The molecule has 1 radical (unpaired) electrons. The molecule has 2 aromatic carbocycles. The number of hydrogen-bond acceptors (Lipinski definition) is 3. The molecule has 0 amide bonds. The molecule has 0 heterocycles. The van der Waals surface area contributed by atoms with E-state index in [4.69, 9.17) is 0 Å². The summed E-state index contributed by atoms with van der Waals surface area (Å²) >= 11 is 0. The number of nitrogens with zero attached hydrogens (tertiary/aromatic N) is 1. The molecule has 0 saturated heterocycles. The van der Waals surface area contributed by atoms with Crippen LogP contribution in [0.15, 0.2) is 36.4 Å². The maximum atomic E-state index is 3.77. The Morgan fingerprint density at radius 3 is 1.06 bits per heavy atom. The Kier molecular flexibility index (Phi) is 18.5. The van der Waals surface area contributed by atoms with Crippen LogP contribution in [0.3, 0.4) is 0 Å². The first-order chi connectivity index (χ1) is 15.1. The molecule has 2 aromatic rings. The van der Waals surface area contributed by atoms with Crippen molar-refractivity contribution in [3.05, 3.63) is 58.7 Å². The van der Waals surface area contributed by atoms with Gasteiger partial charge in [-0.2, -0.15) is 0 Å². The zero-order valence-electron chi connectivity index (χ0n) is 23.1. The minimum absolute atomic E-state index is 0. The molecule has 0 fully saturated rings. The molecule has 0 aliphatic heterocycles. The van der Waals surface area contributed by atoms with Crippen molar-refractivity contribution in [1.82, 2.24) is 4.90 Å². The molecule has 0 aromatic heterocycles. The van der Waals surface area contributed by atoms with E-state index in [9.17, 15) is 0 Å². The maximum Gasteiger partial charge on any atom is 2.00 e. The van der Waals surface area contributed by atoms with Gasteiger partial charge in [-0.05, 0) is 53.0 Å². The van der Waals surface area contributed by atoms with E-state index in [2.05, 4.69) is 114 Å². The van der Waals surface area contributed by atoms with E-state index in [1.165, 1.54) is 33.6 Å². The zero-order valence-corrected chi connectivity index (χ0v) is 26.8. The first kappa shape index (κ1) is 36.5. The SMILES string of the molecule is CC(C)c1cccc(C(C)C)c1NCCN(C)CCNc1c(C(C)C)cccc1C(C)C.[Au+2].[Cl-].[Cl-]. The van der Waals surface area contributed by atoms with Gasteiger partial charge in [0.1, 0.15) is 0 Å². The average Bonchev–Trinajstić information content (AvgIpc) is 2.73. The van der Waals surface area contributed by atoms with Gasteiger partial charge in [0.2, 0.25) is 0 Å². The zero-order chi connectivity index (χ0) is 23.8. The summed E-state index contributed by atoms with van der Waals surface area (Å²) in [6, 6.07) is 13.5. The van der Waals surface area contributed by atoms with Crippen molar-refractivity contribution in [3.8, 4) is 0 Å². The number of halogens is 2. The quantitative estimate of drug-likeness (QED) is 0.330. The summed E-state index contributed by atoms with van der Waals surface area (Å²) in [5.74, 6) is 2.09. The molecule has 6 heteroatoms. The van der Waals surface area contributed by atoms with Crippen LogP contribution in [-0.4, -0.2) is 38.1 Å². The second-order valence-electron chi connectivity index (χ2n) is 10.4. The third kappa shape index (κ3) is 10.7. The fourth-order valence-corrected chi connectivity index (χ4v) is 4.37. The summed E-state index contributed by atoms with van der Waals surface area (Å²) in [4.78, 5) is 2.42. The number of likely N-dealkylation sites (N-methyl/N-ethyl adjacent to an activating group) is 1. The maximum absolute atomic E-state index is 3.77. The van der Waals surface area contributed by atoms with Crippen molar-refractivity contribution in [2.24, 2.45) is 0 Å². The normalized spacial score (nSPS) is 10.9. The van der Waals surface area contributed by atoms with E-state index >= 15 is 0 Å². The van der Waals surface area contributed by atoms with Gasteiger partial charge in [-0.15, -0.1) is 0 Å². The molecule has 2 N–H and O–H groups in total. The van der Waals surface area contributed by atoms with Gasteiger partial charge in [0.25, 0.3) is 0 Å². The van der Waals surface area contributed by atoms with Crippen LogP contribution in [0.2, 0.25) is 0 Å². The Balaban J connectivity index is 0. The van der Waals surface area contributed by atoms with Gasteiger partial charge in [-0.1, -0.05) is 91.8 Å². The first-order valence-electron chi connectivity index (χ1n) is 12.5. The first-order valence-corrected chi connectivity index (χ1v) is 12.5. The largest absolute Gasteiger partial charge is 2.00 e. The Morgan fingerprint density at radius 1 is 0.571 bits per heavy atom. The molecule has 2 rings (SSSR count). The van der Waals surface area contributed by atoms with Gasteiger partial charge in [-0.3, -0.25) is 0 Å². The molecule has 203 valence electrons. The van der Waals surface area contributed by atoms with Crippen molar-refractivity contribution in [3.63, 3.8) is 0 Å². The molecule has 0 aliphatic carbocycles. The van der Waals surface area contributed by atoms with E-state index in [1.54, 1.807) is 0 Å². The minimum atomic E-state index is 0. The number of para-hydroxylation sites is 2. The van der Waals surface area contributed by atoms with Crippen LogP contribution in [0.25, 0.3) is 0 Å². The molecule has 3 nitrogen and oxygen atoms in total. The third-order valence-electron chi connectivity index (χ3n) is 6.34. The van der Waals surface area contributed by atoms with Gasteiger partial charge < -0.3 is 40.3 Å². The molecule has 35 heavy (non-hydrogen) atoms. The summed E-state index contributed by atoms with van der Waals surface area (Å²) in [5.41, 5.74) is 8.38. The number of nitrogens with one attached hydrogen (secondary N) is 2. The Bertz CT molecular complexity index is 732. The molecule has 0 aliphatic rings. The molecular weight excluding hydrogens is 658 g/mol. The van der Waals surface area contributed by atoms with Crippen LogP contribution in [-0.2, 0) is 22.4 Å².